The molecule has 0 bridgehead atoms. The van der Waals surface area contributed by atoms with Crippen LogP contribution in [-0.2, 0) is 11.8 Å². The molecule has 0 aliphatic carbocycles. The van der Waals surface area contributed by atoms with Gasteiger partial charge in [0.15, 0.2) is 0 Å². The van der Waals surface area contributed by atoms with Crippen molar-refractivity contribution in [1.82, 2.24) is 9.97 Å². The molecule has 1 N–H and O–H groups in total. The summed E-state index contributed by atoms with van der Waals surface area (Å²) in [4.78, 5) is 9.25. The second-order valence-corrected chi connectivity index (χ2v) is 5.09. The highest BCUT2D eigenvalue weighted by molar-refractivity contribution is 5.46. The zero-order valence-corrected chi connectivity index (χ0v) is 11.3. The lowest BCUT2D eigenvalue weighted by Crippen LogP contribution is -2.19. The zero-order chi connectivity index (χ0) is 12.3. The van der Waals surface area contributed by atoms with Gasteiger partial charge in [0.05, 0.1) is 0 Å². The maximum absolute atomic E-state index is 4.64. The molecule has 0 aromatic carbocycles. The third-order valence-electron chi connectivity index (χ3n) is 2.58. The van der Waals surface area contributed by atoms with Gasteiger partial charge in [-0.15, -0.1) is 0 Å². The first-order valence-electron chi connectivity index (χ1n) is 6.02. The number of aryl methyl sites for hydroxylation is 1. The van der Waals surface area contributed by atoms with Crippen LogP contribution in [0.5, 0.6) is 0 Å². The Bertz CT molecular complexity index is 364. The molecule has 3 heteroatoms. The summed E-state index contributed by atoms with van der Waals surface area (Å²) in [6.45, 7) is 13.6. The van der Waals surface area contributed by atoms with Crippen LogP contribution in [0.25, 0.3) is 0 Å². The van der Waals surface area contributed by atoms with Crippen molar-refractivity contribution in [2.45, 2.75) is 53.4 Å². The van der Waals surface area contributed by atoms with Crippen molar-refractivity contribution in [2.24, 2.45) is 0 Å². The number of aromatic nitrogens is 2. The molecule has 0 unspecified atom stereocenters. The second-order valence-electron chi connectivity index (χ2n) is 5.09. The van der Waals surface area contributed by atoms with Crippen LogP contribution >= 0.6 is 0 Å². The van der Waals surface area contributed by atoms with E-state index < -0.39 is 0 Å². The van der Waals surface area contributed by atoms with E-state index in [2.05, 4.69) is 56.8 Å². The summed E-state index contributed by atoms with van der Waals surface area (Å²) in [7, 11) is 0. The minimum Gasteiger partial charge on any atom is -0.370 e. The van der Waals surface area contributed by atoms with Gasteiger partial charge in [0.1, 0.15) is 11.6 Å². The minimum absolute atomic E-state index is 0.00119. The Kier molecular flexibility index (Phi) is 3.89. The highest BCUT2D eigenvalue weighted by Crippen LogP contribution is 2.23. The molecule has 16 heavy (non-hydrogen) atoms. The SMILES string of the molecule is CCNc1nc(C(C)(C)C)nc(C)c1CC. The van der Waals surface area contributed by atoms with Gasteiger partial charge < -0.3 is 5.32 Å². The second kappa shape index (κ2) is 4.81. The summed E-state index contributed by atoms with van der Waals surface area (Å²) in [5.41, 5.74) is 2.33. The molecule has 1 aromatic heterocycles. The lowest BCUT2D eigenvalue weighted by molar-refractivity contribution is 0.542. The van der Waals surface area contributed by atoms with Crippen molar-refractivity contribution in [1.29, 1.82) is 0 Å². The standard InChI is InChI=1S/C13H23N3/c1-7-10-9(3)15-12(13(4,5)6)16-11(10)14-8-2/h7-8H2,1-6H3,(H,14,15,16). The number of hydrogen-bond acceptors (Lipinski definition) is 3. The van der Waals surface area contributed by atoms with E-state index in [1.165, 1.54) is 5.56 Å². The molecule has 0 atom stereocenters. The molecule has 0 saturated carbocycles. The summed E-state index contributed by atoms with van der Waals surface area (Å²) >= 11 is 0. The molecule has 0 aliphatic rings. The summed E-state index contributed by atoms with van der Waals surface area (Å²) in [5, 5.41) is 3.33. The van der Waals surface area contributed by atoms with Gasteiger partial charge in [0.25, 0.3) is 0 Å². The molecule has 0 saturated heterocycles. The summed E-state index contributed by atoms with van der Waals surface area (Å²) in [5.74, 6) is 1.92. The number of anilines is 1. The molecule has 0 spiro atoms. The van der Waals surface area contributed by atoms with Gasteiger partial charge in [-0.2, -0.15) is 0 Å². The normalized spacial score (nSPS) is 11.6. The first kappa shape index (κ1) is 12.9. The molecule has 0 radical (unpaired) electrons. The average molecular weight is 221 g/mol. The van der Waals surface area contributed by atoms with Crippen molar-refractivity contribution >= 4 is 5.82 Å². The molecular formula is C13H23N3. The van der Waals surface area contributed by atoms with E-state index >= 15 is 0 Å². The van der Waals surface area contributed by atoms with Crippen LogP contribution in [0.1, 0.15) is 51.7 Å². The summed E-state index contributed by atoms with van der Waals surface area (Å²) in [6.07, 6.45) is 0.971. The van der Waals surface area contributed by atoms with E-state index in [-0.39, 0.29) is 5.41 Å². The third kappa shape index (κ3) is 2.71. The lowest BCUT2D eigenvalue weighted by Gasteiger charge is -2.20. The quantitative estimate of drug-likeness (QED) is 0.852. The van der Waals surface area contributed by atoms with Crippen molar-refractivity contribution < 1.29 is 0 Å². The third-order valence-corrected chi connectivity index (χ3v) is 2.58. The van der Waals surface area contributed by atoms with Gasteiger partial charge in [-0.25, -0.2) is 9.97 Å². The monoisotopic (exact) mass is 221 g/mol. The molecule has 0 fully saturated rings. The Morgan fingerprint density at radius 3 is 2.19 bits per heavy atom. The Morgan fingerprint density at radius 2 is 1.75 bits per heavy atom. The van der Waals surface area contributed by atoms with Crippen molar-refractivity contribution in [3.63, 3.8) is 0 Å². The molecule has 1 rings (SSSR count). The van der Waals surface area contributed by atoms with E-state index in [0.29, 0.717) is 0 Å². The van der Waals surface area contributed by atoms with Crippen molar-refractivity contribution in [3.05, 3.63) is 17.1 Å². The van der Waals surface area contributed by atoms with Gasteiger partial charge in [0.2, 0.25) is 0 Å². The average Bonchev–Trinajstić information content (AvgIpc) is 2.16. The van der Waals surface area contributed by atoms with Gasteiger partial charge in [-0.05, 0) is 20.3 Å². The topological polar surface area (TPSA) is 37.8 Å². The van der Waals surface area contributed by atoms with Crippen molar-refractivity contribution in [3.8, 4) is 0 Å². The van der Waals surface area contributed by atoms with Crippen LogP contribution in [0.3, 0.4) is 0 Å². The van der Waals surface area contributed by atoms with Crippen molar-refractivity contribution in [2.75, 3.05) is 11.9 Å². The number of nitrogens with one attached hydrogen (secondary N) is 1. The fourth-order valence-corrected chi connectivity index (χ4v) is 1.67. The fourth-order valence-electron chi connectivity index (χ4n) is 1.67. The van der Waals surface area contributed by atoms with E-state index in [0.717, 1.165) is 30.3 Å². The van der Waals surface area contributed by atoms with Crippen LogP contribution in [0.4, 0.5) is 5.82 Å². The smallest absolute Gasteiger partial charge is 0.136 e. The Balaban J connectivity index is 3.28. The zero-order valence-electron chi connectivity index (χ0n) is 11.3. The highest BCUT2D eigenvalue weighted by atomic mass is 15.0. The highest BCUT2D eigenvalue weighted by Gasteiger charge is 2.20. The van der Waals surface area contributed by atoms with E-state index in [1.54, 1.807) is 0 Å². The summed E-state index contributed by atoms with van der Waals surface area (Å²) < 4.78 is 0. The van der Waals surface area contributed by atoms with E-state index in [9.17, 15) is 0 Å². The van der Waals surface area contributed by atoms with Crippen LogP contribution < -0.4 is 5.32 Å². The molecule has 1 heterocycles. The molecule has 90 valence electrons. The fraction of sp³-hybridized carbons (Fsp3) is 0.692. The first-order chi connectivity index (χ1) is 7.40. The minimum atomic E-state index is 0.00119. The molecular weight excluding hydrogens is 198 g/mol. The number of rotatable bonds is 3. The lowest BCUT2D eigenvalue weighted by atomic mass is 9.95. The van der Waals surface area contributed by atoms with Crippen LogP contribution in [0.15, 0.2) is 0 Å². The van der Waals surface area contributed by atoms with E-state index in [4.69, 9.17) is 0 Å². The molecule has 0 aliphatic heterocycles. The Hall–Kier alpha value is -1.12. The Labute approximate surface area is 98.7 Å². The molecule has 1 aromatic rings. The van der Waals surface area contributed by atoms with Gasteiger partial charge in [0, 0.05) is 23.2 Å². The van der Waals surface area contributed by atoms with Crippen LogP contribution in [0.2, 0.25) is 0 Å². The predicted octanol–water partition coefficient (Wildman–Crippen LogP) is 3.08. The maximum atomic E-state index is 4.64. The largest absolute Gasteiger partial charge is 0.370 e. The summed E-state index contributed by atoms with van der Waals surface area (Å²) in [6, 6.07) is 0. The van der Waals surface area contributed by atoms with E-state index in [1.807, 2.05) is 0 Å². The maximum Gasteiger partial charge on any atom is 0.136 e. The predicted molar refractivity (Wildman–Crippen MR) is 69.0 cm³/mol. The Morgan fingerprint density at radius 1 is 1.12 bits per heavy atom. The van der Waals surface area contributed by atoms with Gasteiger partial charge >= 0.3 is 0 Å². The number of nitrogens with zero attached hydrogens (tertiary/aromatic N) is 2. The van der Waals surface area contributed by atoms with Crippen LogP contribution in [-0.4, -0.2) is 16.5 Å². The molecule has 3 nitrogen and oxygen atoms in total. The first-order valence-corrected chi connectivity index (χ1v) is 6.02. The van der Waals surface area contributed by atoms with Gasteiger partial charge in [-0.3, -0.25) is 0 Å². The molecule has 0 amide bonds. The number of hydrogen-bond donors (Lipinski definition) is 1. The van der Waals surface area contributed by atoms with Crippen LogP contribution in [0, 0.1) is 6.92 Å². The van der Waals surface area contributed by atoms with Gasteiger partial charge in [-0.1, -0.05) is 27.7 Å².